The van der Waals surface area contributed by atoms with Crippen molar-refractivity contribution < 1.29 is 23.4 Å². The van der Waals surface area contributed by atoms with Gasteiger partial charge in [-0.2, -0.15) is 0 Å². The Hall–Kier alpha value is -0.990. The van der Waals surface area contributed by atoms with Gasteiger partial charge in [0.15, 0.2) is 11.4 Å². The lowest BCUT2D eigenvalue weighted by Gasteiger charge is -2.08. The molecule has 0 radical (unpaired) electrons. The first-order valence-corrected chi connectivity index (χ1v) is 4.81. The highest BCUT2D eigenvalue weighted by Gasteiger charge is 2.21. The van der Waals surface area contributed by atoms with Crippen LogP contribution in [0.2, 0.25) is 0 Å². The van der Waals surface area contributed by atoms with E-state index in [0.717, 1.165) is 6.07 Å². The Balaban J connectivity index is 3.38. The molecule has 4 nitrogen and oxygen atoms in total. The first-order chi connectivity index (χ1) is 6.97. The number of rotatable bonds is 3. The van der Waals surface area contributed by atoms with Crippen LogP contribution in [0.15, 0.2) is 6.07 Å². The maximum Gasteiger partial charge on any atom is 0.358 e. The Bertz CT molecular complexity index is 398. The van der Waals surface area contributed by atoms with Crippen LogP contribution in [0.5, 0.6) is 5.75 Å². The third-order valence-corrected chi connectivity index (χ3v) is 2.38. The molecule has 1 aromatic heterocycles. The van der Waals surface area contributed by atoms with Gasteiger partial charge in [-0.15, -0.1) is 0 Å². The first kappa shape index (κ1) is 12.1. The molecule has 0 spiro atoms. The van der Waals surface area contributed by atoms with Crippen LogP contribution in [0.1, 0.15) is 22.6 Å². The molecule has 0 saturated carbocycles. The third kappa shape index (κ3) is 2.52. The molecule has 0 aromatic carbocycles. The molecule has 0 saturated heterocycles. The highest BCUT2D eigenvalue weighted by molar-refractivity contribution is 14.1. The standard InChI is InChI=1S/C8H6F2INO3/c1-15-6-3(11)2-4(7(9)10)12-5(6)8(13)14/h2,7H,1H3,(H,13,14). The number of carboxylic acid groups (broad SMARTS) is 1. The van der Waals surface area contributed by atoms with Gasteiger partial charge in [0.2, 0.25) is 0 Å². The van der Waals surface area contributed by atoms with Crippen LogP contribution in [-0.2, 0) is 0 Å². The fourth-order valence-corrected chi connectivity index (χ4v) is 1.77. The van der Waals surface area contributed by atoms with E-state index in [-0.39, 0.29) is 9.32 Å². The number of hydrogen-bond donors (Lipinski definition) is 1. The molecule has 0 atom stereocenters. The summed E-state index contributed by atoms with van der Waals surface area (Å²) in [5, 5.41) is 8.74. The van der Waals surface area contributed by atoms with Crippen LogP contribution >= 0.6 is 22.6 Å². The molecule has 0 aliphatic rings. The van der Waals surface area contributed by atoms with E-state index >= 15 is 0 Å². The zero-order valence-electron chi connectivity index (χ0n) is 7.50. The van der Waals surface area contributed by atoms with Gasteiger partial charge in [0, 0.05) is 0 Å². The summed E-state index contributed by atoms with van der Waals surface area (Å²) in [5.74, 6) is -1.40. The number of alkyl halides is 2. The number of nitrogens with zero attached hydrogens (tertiary/aromatic N) is 1. The number of methoxy groups -OCH3 is 1. The molecular weight excluding hydrogens is 323 g/mol. The zero-order valence-corrected chi connectivity index (χ0v) is 9.66. The summed E-state index contributed by atoms with van der Waals surface area (Å²) in [7, 11) is 1.26. The number of hydrogen-bond acceptors (Lipinski definition) is 3. The Kier molecular flexibility index (Phi) is 3.77. The average molecular weight is 329 g/mol. The van der Waals surface area contributed by atoms with Gasteiger partial charge in [0.05, 0.1) is 10.7 Å². The van der Waals surface area contributed by atoms with E-state index in [0.29, 0.717) is 0 Å². The van der Waals surface area contributed by atoms with Gasteiger partial charge in [-0.1, -0.05) is 0 Å². The predicted octanol–water partition coefficient (Wildman–Crippen LogP) is 2.33. The van der Waals surface area contributed by atoms with Crippen molar-refractivity contribution in [2.24, 2.45) is 0 Å². The van der Waals surface area contributed by atoms with Crippen molar-refractivity contribution in [2.75, 3.05) is 7.11 Å². The van der Waals surface area contributed by atoms with E-state index in [9.17, 15) is 13.6 Å². The fourth-order valence-electron chi connectivity index (χ4n) is 0.972. The maximum absolute atomic E-state index is 12.3. The number of halogens is 3. The Morgan fingerprint density at radius 2 is 2.27 bits per heavy atom. The molecule has 0 fully saturated rings. The predicted molar refractivity (Wildman–Crippen MR) is 55.4 cm³/mol. The normalized spacial score (nSPS) is 10.5. The summed E-state index contributed by atoms with van der Waals surface area (Å²) in [4.78, 5) is 14.0. The molecule has 1 rings (SSSR count). The van der Waals surface area contributed by atoms with Crippen LogP contribution in [0.4, 0.5) is 8.78 Å². The number of aromatic nitrogens is 1. The van der Waals surface area contributed by atoms with Crippen molar-refractivity contribution in [1.82, 2.24) is 4.98 Å². The Morgan fingerprint density at radius 3 is 2.67 bits per heavy atom. The second kappa shape index (κ2) is 4.69. The van der Waals surface area contributed by atoms with E-state index in [1.165, 1.54) is 7.11 Å². The van der Waals surface area contributed by atoms with Crippen LogP contribution in [0.25, 0.3) is 0 Å². The summed E-state index contributed by atoms with van der Waals surface area (Å²) < 4.78 is 29.7. The van der Waals surface area contributed by atoms with Crippen molar-refractivity contribution in [3.8, 4) is 5.75 Å². The van der Waals surface area contributed by atoms with Crippen molar-refractivity contribution >= 4 is 28.6 Å². The van der Waals surface area contributed by atoms with Crippen LogP contribution in [0.3, 0.4) is 0 Å². The summed E-state index contributed by atoms with van der Waals surface area (Å²) in [6.45, 7) is 0. The molecule has 0 unspecified atom stereocenters. The molecule has 15 heavy (non-hydrogen) atoms. The van der Waals surface area contributed by atoms with Crippen molar-refractivity contribution in [3.05, 3.63) is 21.0 Å². The van der Waals surface area contributed by atoms with Gasteiger partial charge in [0.25, 0.3) is 6.43 Å². The van der Waals surface area contributed by atoms with E-state index < -0.39 is 23.8 Å². The van der Waals surface area contributed by atoms with Crippen LogP contribution in [-0.4, -0.2) is 23.2 Å². The van der Waals surface area contributed by atoms with Crippen LogP contribution < -0.4 is 4.74 Å². The maximum atomic E-state index is 12.3. The molecule has 0 bridgehead atoms. The van der Waals surface area contributed by atoms with Gasteiger partial charge in [0.1, 0.15) is 5.69 Å². The number of carbonyl (C=O) groups is 1. The SMILES string of the molecule is COc1c(I)cc(C(F)F)nc1C(=O)O. The monoisotopic (exact) mass is 329 g/mol. The highest BCUT2D eigenvalue weighted by atomic mass is 127. The lowest BCUT2D eigenvalue weighted by molar-refractivity contribution is 0.0684. The topological polar surface area (TPSA) is 59.4 Å². The largest absolute Gasteiger partial charge is 0.493 e. The van der Waals surface area contributed by atoms with E-state index in [1.807, 2.05) is 0 Å². The van der Waals surface area contributed by atoms with Gasteiger partial charge in [-0.3, -0.25) is 0 Å². The number of pyridine rings is 1. The average Bonchev–Trinajstić information content (AvgIpc) is 2.16. The zero-order chi connectivity index (χ0) is 11.6. The number of ether oxygens (including phenoxy) is 1. The second-order valence-corrected chi connectivity index (χ2v) is 3.68. The summed E-state index contributed by atoms with van der Waals surface area (Å²) in [6, 6.07) is 1.09. The molecule has 0 aliphatic carbocycles. The molecule has 82 valence electrons. The molecule has 1 heterocycles. The van der Waals surface area contributed by atoms with Gasteiger partial charge < -0.3 is 9.84 Å². The fraction of sp³-hybridized carbons (Fsp3) is 0.250. The minimum atomic E-state index is -2.80. The summed E-state index contributed by atoms with van der Waals surface area (Å²) in [5.41, 5.74) is -1.07. The highest BCUT2D eigenvalue weighted by Crippen LogP contribution is 2.28. The Labute approximate surface area is 97.4 Å². The van der Waals surface area contributed by atoms with Crippen molar-refractivity contribution in [1.29, 1.82) is 0 Å². The van der Waals surface area contributed by atoms with E-state index in [4.69, 9.17) is 9.84 Å². The lowest BCUT2D eigenvalue weighted by atomic mass is 10.3. The van der Waals surface area contributed by atoms with E-state index in [2.05, 4.69) is 4.98 Å². The smallest absolute Gasteiger partial charge is 0.358 e. The van der Waals surface area contributed by atoms with Crippen LogP contribution in [0, 0.1) is 3.57 Å². The van der Waals surface area contributed by atoms with Crippen molar-refractivity contribution in [2.45, 2.75) is 6.43 Å². The second-order valence-electron chi connectivity index (χ2n) is 2.52. The van der Waals surface area contributed by atoms with Gasteiger partial charge >= 0.3 is 5.97 Å². The summed E-state index contributed by atoms with van der Waals surface area (Å²) in [6.07, 6.45) is -2.80. The minimum absolute atomic E-state index is 0.00694. The van der Waals surface area contributed by atoms with Crippen molar-refractivity contribution in [3.63, 3.8) is 0 Å². The summed E-state index contributed by atoms with van der Waals surface area (Å²) >= 11 is 1.72. The molecule has 0 amide bonds. The number of carboxylic acids is 1. The van der Waals surface area contributed by atoms with Gasteiger partial charge in [-0.05, 0) is 28.7 Å². The molecule has 1 N–H and O–H groups in total. The molecule has 1 aromatic rings. The first-order valence-electron chi connectivity index (χ1n) is 3.73. The molecular formula is C8H6F2INO3. The van der Waals surface area contributed by atoms with Gasteiger partial charge in [-0.25, -0.2) is 18.6 Å². The van der Waals surface area contributed by atoms with E-state index in [1.54, 1.807) is 22.6 Å². The minimum Gasteiger partial charge on any atom is -0.493 e. The lowest BCUT2D eigenvalue weighted by Crippen LogP contribution is -2.08. The third-order valence-electron chi connectivity index (χ3n) is 1.58. The quantitative estimate of drug-likeness (QED) is 0.865. The number of aromatic carboxylic acids is 1. The molecule has 0 aliphatic heterocycles. The Morgan fingerprint density at radius 1 is 1.67 bits per heavy atom. The molecule has 7 heteroatoms.